The first kappa shape index (κ1) is 17.4. The second-order valence-electron chi connectivity index (χ2n) is 5.59. The van der Waals surface area contributed by atoms with Crippen molar-refractivity contribution in [1.29, 1.82) is 0 Å². The van der Waals surface area contributed by atoms with Crippen LogP contribution in [-0.4, -0.2) is 27.4 Å². The quantitative estimate of drug-likeness (QED) is 0.174. The van der Waals surface area contributed by atoms with Crippen molar-refractivity contribution in [3.63, 3.8) is 0 Å². The number of hydrogen-bond donors (Lipinski definition) is 1. The van der Waals surface area contributed by atoms with Crippen LogP contribution in [0.5, 0.6) is 0 Å². The fourth-order valence-corrected chi connectivity index (χ4v) is 1.62. The summed E-state index contributed by atoms with van der Waals surface area (Å²) in [6.07, 6.45) is 0. The Morgan fingerprint density at radius 3 is 2.05 bits per heavy atom. The molecule has 0 amide bonds. The molecule has 1 aromatic rings. The zero-order valence-corrected chi connectivity index (χ0v) is 12.7. The molecule has 22 heavy (non-hydrogen) atoms. The van der Waals surface area contributed by atoms with Gasteiger partial charge in [-0.2, -0.15) is 0 Å². The van der Waals surface area contributed by atoms with Crippen molar-refractivity contribution in [2.24, 2.45) is 0 Å². The van der Waals surface area contributed by atoms with E-state index in [-0.39, 0.29) is 11.3 Å². The van der Waals surface area contributed by atoms with Gasteiger partial charge >= 0.3 is 5.97 Å². The molecule has 0 saturated heterocycles. The summed E-state index contributed by atoms with van der Waals surface area (Å²) < 4.78 is 5.08. The van der Waals surface area contributed by atoms with E-state index in [1.807, 2.05) is 0 Å². The van der Waals surface area contributed by atoms with Crippen molar-refractivity contribution in [2.45, 2.75) is 33.3 Å². The molecule has 0 saturated carbocycles. The van der Waals surface area contributed by atoms with Crippen molar-refractivity contribution >= 4 is 23.2 Å². The van der Waals surface area contributed by atoms with Gasteiger partial charge in [-0.25, -0.2) is 4.79 Å². The summed E-state index contributed by atoms with van der Waals surface area (Å²) in [5, 5.41) is 20.7. The average Bonchev–Trinajstić information content (AvgIpc) is 2.36. The molecule has 7 nitrogen and oxygen atoms in total. The number of hydrogen-bond acceptors (Lipinski definition) is 6. The number of carbonyl (C=O) groups is 2. The van der Waals surface area contributed by atoms with Crippen LogP contribution < -0.4 is 0 Å². The number of non-ortho nitro benzene ring substituents is 1. The summed E-state index contributed by atoms with van der Waals surface area (Å²) in [5.41, 5.74) is -1.38. The maximum atomic E-state index is 12.0. The molecule has 0 fully saturated rings. The Morgan fingerprint density at radius 1 is 1.18 bits per heavy atom. The molecule has 0 unspecified atom stereocenters. The zero-order chi connectivity index (χ0) is 17.1. The number of aliphatic hydroxyl groups excluding tert-OH is 1. The minimum absolute atomic E-state index is 0.113. The fraction of sp³-hybridized carbons (Fsp3) is 0.333. The van der Waals surface area contributed by atoms with Crippen molar-refractivity contribution < 1.29 is 24.4 Å². The lowest BCUT2D eigenvalue weighted by Gasteiger charge is -2.20. The van der Waals surface area contributed by atoms with Crippen LogP contribution in [0.15, 0.2) is 29.8 Å². The van der Waals surface area contributed by atoms with E-state index >= 15 is 0 Å². The van der Waals surface area contributed by atoms with Gasteiger partial charge in [0.05, 0.1) is 4.92 Å². The number of benzene rings is 1. The first-order chi connectivity index (χ1) is 10.0. The Bertz CT molecular complexity index is 637. The van der Waals surface area contributed by atoms with Gasteiger partial charge in [0.1, 0.15) is 16.9 Å². The van der Waals surface area contributed by atoms with E-state index in [1.165, 1.54) is 24.3 Å². The maximum Gasteiger partial charge on any atom is 0.346 e. The minimum Gasteiger partial charge on any atom is -0.506 e. The van der Waals surface area contributed by atoms with Crippen LogP contribution in [0.3, 0.4) is 0 Å². The highest BCUT2D eigenvalue weighted by Crippen LogP contribution is 2.22. The first-order valence-corrected chi connectivity index (χ1v) is 6.45. The van der Waals surface area contributed by atoms with Crippen LogP contribution in [0.4, 0.5) is 5.69 Å². The van der Waals surface area contributed by atoms with Gasteiger partial charge in [-0.1, -0.05) is 0 Å². The molecule has 0 aliphatic carbocycles. The molecule has 1 aromatic carbocycles. The number of carbonyl (C=O) groups excluding carboxylic acids is 2. The molecule has 0 atom stereocenters. The van der Waals surface area contributed by atoms with Crippen LogP contribution in [0.25, 0.3) is 5.76 Å². The van der Waals surface area contributed by atoms with Crippen molar-refractivity contribution in [3.8, 4) is 0 Å². The third kappa shape index (κ3) is 4.41. The van der Waals surface area contributed by atoms with Crippen molar-refractivity contribution in [1.82, 2.24) is 0 Å². The number of ether oxygens (including phenoxy) is 1. The summed E-state index contributed by atoms with van der Waals surface area (Å²) in [6.45, 7) is 6.02. The third-order valence-corrected chi connectivity index (χ3v) is 2.54. The molecule has 0 aliphatic rings. The highest BCUT2D eigenvalue weighted by Gasteiger charge is 2.27. The van der Waals surface area contributed by atoms with Gasteiger partial charge in [0.15, 0.2) is 5.78 Å². The molecule has 0 aliphatic heterocycles. The number of esters is 1. The second-order valence-corrected chi connectivity index (χ2v) is 5.59. The number of nitrogens with zero attached hydrogens (tertiary/aromatic N) is 1. The summed E-state index contributed by atoms with van der Waals surface area (Å²) in [4.78, 5) is 33.7. The largest absolute Gasteiger partial charge is 0.506 e. The molecule has 0 radical (unpaired) electrons. The van der Waals surface area contributed by atoms with E-state index in [1.54, 1.807) is 20.8 Å². The number of nitro benzene ring substituents is 1. The lowest BCUT2D eigenvalue weighted by molar-refractivity contribution is -0.384. The molecule has 0 spiro atoms. The highest BCUT2D eigenvalue weighted by molar-refractivity contribution is 6.21. The van der Waals surface area contributed by atoms with Crippen molar-refractivity contribution in [3.05, 3.63) is 45.5 Å². The average molecular weight is 307 g/mol. The van der Waals surface area contributed by atoms with E-state index in [2.05, 4.69) is 0 Å². The molecular weight excluding hydrogens is 290 g/mol. The van der Waals surface area contributed by atoms with Crippen LogP contribution in [0.1, 0.15) is 33.3 Å². The summed E-state index contributed by atoms with van der Waals surface area (Å²) in [6, 6.07) is 4.83. The van der Waals surface area contributed by atoms with Gasteiger partial charge in [-0.15, -0.1) is 0 Å². The lowest BCUT2D eigenvalue weighted by Crippen LogP contribution is -2.27. The number of aliphatic hydroxyl groups is 1. The van der Waals surface area contributed by atoms with Gasteiger partial charge in [0.25, 0.3) is 5.69 Å². The normalized spacial score (nSPS) is 12.4. The Morgan fingerprint density at radius 2 is 1.68 bits per heavy atom. The molecule has 1 N–H and O–H groups in total. The van der Waals surface area contributed by atoms with E-state index < -0.39 is 33.6 Å². The van der Waals surface area contributed by atoms with Gasteiger partial charge in [0.2, 0.25) is 0 Å². The SMILES string of the molecule is CC(=O)/C(C(=O)OC(C)(C)C)=C(/O)c1ccc([N+](=O)[O-])cc1. The maximum absolute atomic E-state index is 12.0. The monoisotopic (exact) mass is 307 g/mol. The van der Waals surface area contributed by atoms with Gasteiger partial charge < -0.3 is 9.84 Å². The Balaban J connectivity index is 3.26. The minimum atomic E-state index is -0.948. The van der Waals surface area contributed by atoms with Crippen LogP contribution in [0, 0.1) is 10.1 Å². The molecule has 0 bridgehead atoms. The molecule has 118 valence electrons. The van der Waals surface area contributed by atoms with Crippen LogP contribution in [-0.2, 0) is 14.3 Å². The molecular formula is C15H17NO6. The third-order valence-electron chi connectivity index (χ3n) is 2.54. The van der Waals surface area contributed by atoms with Gasteiger partial charge in [0, 0.05) is 17.7 Å². The van der Waals surface area contributed by atoms with E-state index in [9.17, 15) is 24.8 Å². The zero-order valence-electron chi connectivity index (χ0n) is 12.7. The lowest BCUT2D eigenvalue weighted by atomic mass is 10.0. The Labute approximate surface area is 127 Å². The number of ketones is 1. The molecule has 0 aromatic heterocycles. The summed E-state index contributed by atoms with van der Waals surface area (Å²) in [7, 11) is 0. The molecule has 0 heterocycles. The summed E-state index contributed by atoms with van der Waals surface area (Å²) >= 11 is 0. The van der Waals surface area contributed by atoms with Gasteiger partial charge in [-0.05, 0) is 39.8 Å². The number of Topliss-reactive ketones (excluding diaryl/α,β-unsaturated/α-hetero) is 1. The molecule has 7 heteroatoms. The van der Waals surface area contributed by atoms with E-state index in [0.29, 0.717) is 0 Å². The smallest absolute Gasteiger partial charge is 0.346 e. The first-order valence-electron chi connectivity index (χ1n) is 6.45. The number of rotatable bonds is 4. The standard InChI is InChI=1S/C15H17NO6/c1-9(17)12(14(19)22-15(2,3)4)13(18)10-5-7-11(8-6-10)16(20)21/h5-8,18H,1-4H3/b13-12-. The second kappa shape index (κ2) is 6.38. The predicted molar refractivity (Wildman–Crippen MR) is 79.2 cm³/mol. The predicted octanol–water partition coefficient (Wildman–Crippen LogP) is 2.79. The topological polar surface area (TPSA) is 107 Å². The highest BCUT2D eigenvalue weighted by atomic mass is 16.6. The van der Waals surface area contributed by atoms with Crippen LogP contribution in [0.2, 0.25) is 0 Å². The Kier molecular flexibility index (Phi) is 5.03. The van der Waals surface area contributed by atoms with Gasteiger partial charge in [-0.3, -0.25) is 14.9 Å². The van der Waals surface area contributed by atoms with Crippen LogP contribution >= 0.6 is 0 Å². The van der Waals surface area contributed by atoms with E-state index in [0.717, 1.165) is 6.92 Å². The van der Waals surface area contributed by atoms with E-state index in [4.69, 9.17) is 4.74 Å². The number of nitro groups is 1. The Hall–Kier alpha value is -2.70. The fourth-order valence-electron chi connectivity index (χ4n) is 1.62. The summed E-state index contributed by atoms with van der Waals surface area (Å²) in [5.74, 6) is -2.18. The molecule has 1 rings (SSSR count). The van der Waals surface area contributed by atoms with Crippen molar-refractivity contribution in [2.75, 3.05) is 0 Å².